The monoisotopic (exact) mass is 837 g/mol. The maximum atomic E-state index is 14.4. The number of hydrogen-bond acceptors (Lipinski definition) is 6. The molecule has 308 valence electrons. The molecule has 62 heavy (non-hydrogen) atoms. The molecular weight excluding hydrogens is 792 g/mol. The van der Waals surface area contributed by atoms with Gasteiger partial charge in [-0.3, -0.25) is 14.4 Å². The maximum Gasteiger partial charge on any atom is 0.261 e. The molecular formula is C53H46N2O6P+. The van der Waals surface area contributed by atoms with Gasteiger partial charge in [-0.2, -0.15) is 0 Å². The second-order valence-electron chi connectivity index (χ2n) is 16.0. The maximum absolute atomic E-state index is 14.4. The fourth-order valence-electron chi connectivity index (χ4n) is 8.81. The van der Waals surface area contributed by atoms with Crippen LogP contribution in [-0.2, 0) is 4.79 Å². The van der Waals surface area contributed by atoms with E-state index in [9.17, 15) is 19.5 Å². The van der Waals surface area contributed by atoms with E-state index < -0.39 is 7.26 Å². The van der Waals surface area contributed by atoms with Crippen molar-refractivity contribution < 1.29 is 23.8 Å². The number of carbonyl (C=O) groups is 2. The van der Waals surface area contributed by atoms with E-state index >= 15 is 0 Å². The Morgan fingerprint density at radius 3 is 1.76 bits per heavy atom. The number of rotatable bonds is 9. The molecule has 0 saturated carbocycles. The third-order valence-electron chi connectivity index (χ3n) is 12.0. The van der Waals surface area contributed by atoms with Gasteiger partial charge in [0.2, 0.25) is 0 Å². The van der Waals surface area contributed by atoms with Gasteiger partial charge in [-0.25, -0.2) is 0 Å². The first-order valence-electron chi connectivity index (χ1n) is 20.8. The highest BCUT2D eigenvalue weighted by Crippen LogP contribution is 2.55. The Kier molecular flexibility index (Phi) is 10.9. The summed E-state index contributed by atoms with van der Waals surface area (Å²) in [6.45, 7) is 7.39. The summed E-state index contributed by atoms with van der Waals surface area (Å²) in [6, 6.07) is 51.0. The lowest BCUT2D eigenvalue weighted by atomic mass is 9.90. The summed E-state index contributed by atoms with van der Waals surface area (Å²) in [5, 5.41) is 14.6. The van der Waals surface area contributed by atoms with E-state index in [4.69, 9.17) is 9.15 Å². The number of carbonyl (C=O) groups excluding carboxylic acids is 2. The Balaban J connectivity index is 0.961. The molecule has 0 radical (unpaired) electrons. The van der Waals surface area contributed by atoms with Crippen molar-refractivity contribution in [3.63, 3.8) is 0 Å². The third-order valence-corrected chi connectivity index (χ3v) is 16.3. The van der Waals surface area contributed by atoms with Gasteiger partial charge in [0.15, 0.2) is 11.6 Å². The molecule has 3 aliphatic rings. The van der Waals surface area contributed by atoms with E-state index in [0.29, 0.717) is 71.9 Å². The number of fused-ring (bicyclic) bond motifs is 2. The molecule has 0 bridgehead atoms. The van der Waals surface area contributed by atoms with E-state index in [1.54, 1.807) is 24.3 Å². The van der Waals surface area contributed by atoms with Gasteiger partial charge >= 0.3 is 0 Å². The van der Waals surface area contributed by atoms with Gasteiger partial charge in [0, 0.05) is 60.4 Å². The molecule has 1 fully saturated rings. The molecule has 9 heteroatoms. The van der Waals surface area contributed by atoms with E-state index in [1.165, 1.54) is 12.1 Å². The lowest BCUT2D eigenvalue weighted by molar-refractivity contribution is -0.129. The van der Waals surface area contributed by atoms with Crippen LogP contribution in [0.4, 0.5) is 0 Å². The number of benzene rings is 7. The molecule has 1 N–H and O–H groups in total. The molecule has 0 aromatic heterocycles. The standard InChI is InChI=1S/C53H45N2O6P/c1-35-29-38(19-22-45(35)51-46-23-20-39(56)32-48(46)61-49-33-40(21-24-47(49)51)60-41-30-36(2)52(58)37(3)31-41)53(59)55-27-25-54(26-28-55)50(57)34-62(42-13-7-4-8-14-42,43-15-9-5-10-16-43)44-17-11-6-12-18-44/h4-24,29-33H,25-28,34H2,1-3H3/p+1. The quantitative estimate of drug-likeness (QED) is 0.115. The van der Waals surface area contributed by atoms with Crippen LogP contribution >= 0.6 is 7.26 Å². The molecule has 1 saturated heterocycles. The van der Waals surface area contributed by atoms with E-state index in [-0.39, 0.29) is 23.0 Å². The van der Waals surface area contributed by atoms with E-state index in [2.05, 4.69) is 72.8 Å². The predicted octanol–water partition coefficient (Wildman–Crippen LogP) is 9.27. The number of piperazine rings is 1. The highest BCUT2D eigenvalue weighted by atomic mass is 31.2. The third kappa shape index (κ3) is 7.63. The van der Waals surface area contributed by atoms with E-state index in [0.717, 1.165) is 43.6 Å². The lowest BCUT2D eigenvalue weighted by Gasteiger charge is -2.36. The summed E-state index contributed by atoms with van der Waals surface area (Å²) in [5.41, 5.74) is 5.81. The number of nitrogens with zero attached hydrogens (tertiary/aromatic N) is 2. The molecule has 1 aliphatic carbocycles. The molecule has 2 amide bonds. The molecule has 0 atom stereocenters. The van der Waals surface area contributed by atoms with Crippen LogP contribution in [0.15, 0.2) is 167 Å². The normalized spacial score (nSPS) is 13.1. The van der Waals surface area contributed by atoms with Gasteiger partial charge in [-0.05, 0) is 128 Å². The van der Waals surface area contributed by atoms with Gasteiger partial charge in [0.1, 0.15) is 51.8 Å². The minimum absolute atomic E-state index is 0.0817. The Labute approximate surface area is 361 Å². The number of phenolic OH excluding ortho intramolecular Hbond substituents is 1. The van der Waals surface area contributed by atoms with Crippen LogP contribution in [0.25, 0.3) is 33.4 Å². The topological polar surface area (TPSA) is 100 Å². The van der Waals surface area contributed by atoms with Crippen LogP contribution < -0.4 is 26.1 Å². The highest BCUT2D eigenvalue weighted by Gasteiger charge is 2.48. The average molecular weight is 838 g/mol. The fourth-order valence-corrected chi connectivity index (χ4v) is 12.9. The number of phenols is 1. The SMILES string of the molecule is Cc1cc(C(=O)N2CCN(C(=O)C[P+](c3ccccc3)(c3ccccc3)c3ccccc3)CC2)ccc1-c1c2ccc(=O)cc-2oc2cc(Oc3cc(C)c(O)c(C)c3)ccc12. The second-order valence-corrected chi connectivity index (χ2v) is 19.5. The average Bonchev–Trinajstić information content (AvgIpc) is 3.30. The molecule has 0 unspecified atom stereocenters. The summed E-state index contributed by atoms with van der Waals surface area (Å²) in [7, 11) is -2.36. The van der Waals surface area contributed by atoms with Crippen LogP contribution in [0.1, 0.15) is 27.0 Å². The zero-order valence-corrected chi connectivity index (χ0v) is 35.8. The number of aryl methyl sites for hydroxylation is 3. The Morgan fingerprint density at radius 2 is 1.18 bits per heavy atom. The lowest BCUT2D eigenvalue weighted by Crippen LogP contribution is -2.52. The smallest absolute Gasteiger partial charge is 0.261 e. The first-order valence-corrected chi connectivity index (χ1v) is 22.8. The number of aromatic hydroxyl groups is 1. The minimum atomic E-state index is -2.36. The zero-order chi connectivity index (χ0) is 43.0. The van der Waals surface area contributed by atoms with Crippen molar-refractivity contribution in [1.82, 2.24) is 9.80 Å². The van der Waals surface area contributed by atoms with Crippen LogP contribution in [0.5, 0.6) is 17.2 Å². The largest absolute Gasteiger partial charge is 0.507 e. The van der Waals surface area contributed by atoms with Crippen molar-refractivity contribution in [2.75, 3.05) is 32.3 Å². The molecule has 6 aromatic rings. The Hall–Kier alpha value is -7.02. The molecule has 6 aromatic carbocycles. The Bertz CT molecular complexity index is 2860. The summed E-state index contributed by atoms with van der Waals surface area (Å²) < 4.78 is 12.5. The van der Waals surface area contributed by atoms with Crippen LogP contribution in [0.2, 0.25) is 0 Å². The number of ether oxygens (including phenoxy) is 1. The van der Waals surface area contributed by atoms with Crippen molar-refractivity contribution in [2.24, 2.45) is 0 Å². The van der Waals surface area contributed by atoms with Crippen molar-refractivity contribution in [3.05, 3.63) is 190 Å². The minimum Gasteiger partial charge on any atom is -0.507 e. The second kappa shape index (κ2) is 16.8. The van der Waals surface area contributed by atoms with Crippen molar-refractivity contribution in [1.29, 1.82) is 0 Å². The van der Waals surface area contributed by atoms with Gasteiger partial charge in [0.05, 0.1) is 0 Å². The first-order chi connectivity index (χ1) is 30.1. The van der Waals surface area contributed by atoms with Crippen LogP contribution in [-0.4, -0.2) is 59.1 Å². The molecule has 2 heterocycles. The van der Waals surface area contributed by atoms with Gasteiger partial charge < -0.3 is 24.1 Å². The van der Waals surface area contributed by atoms with Crippen molar-refractivity contribution >= 4 is 46.0 Å². The van der Waals surface area contributed by atoms with Gasteiger partial charge in [-0.1, -0.05) is 60.7 Å². The molecule has 8 nitrogen and oxygen atoms in total. The summed E-state index contributed by atoms with van der Waals surface area (Å²) in [6.07, 6.45) is 0.359. The van der Waals surface area contributed by atoms with Crippen LogP contribution in [0, 0.1) is 20.8 Å². The number of hydrogen-bond donors (Lipinski definition) is 1. The van der Waals surface area contributed by atoms with Gasteiger partial charge in [0.25, 0.3) is 11.8 Å². The Morgan fingerprint density at radius 1 is 0.613 bits per heavy atom. The molecule has 2 aliphatic heterocycles. The first kappa shape index (κ1) is 40.4. The predicted molar refractivity (Wildman–Crippen MR) is 249 cm³/mol. The number of amides is 2. The molecule has 9 rings (SSSR count). The summed E-state index contributed by atoms with van der Waals surface area (Å²) >= 11 is 0. The summed E-state index contributed by atoms with van der Waals surface area (Å²) in [4.78, 5) is 44.9. The van der Waals surface area contributed by atoms with E-state index in [1.807, 2.05) is 79.1 Å². The van der Waals surface area contributed by atoms with Crippen molar-refractivity contribution in [2.45, 2.75) is 20.8 Å². The fraction of sp³-hybridized carbons (Fsp3) is 0.151. The summed E-state index contributed by atoms with van der Waals surface area (Å²) in [5.74, 6) is 1.81. The molecule has 0 spiro atoms. The van der Waals surface area contributed by atoms with Gasteiger partial charge in [-0.15, -0.1) is 0 Å². The van der Waals surface area contributed by atoms with Crippen molar-refractivity contribution in [3.8, 4) is 39.7 Å². The van der Waals surface area contributed by atoms with Crippen LogP contribution in [0.3, 0.4) is 0 Å². The zero-order valence-electron chi connectivity index (χ0n) is 34.9. The highest BCUT2D eigenvalue weighted by molar-refractivity contribution is 7.96.